The van der Waals surface area contributed by atoms with Crippen molar-refractivity contribution >= 4 is 0 Å². The topological polar surface area (TPSA) is 29.5 Å². The fourth-order valence-electron chi connectivity index (χ4n) is 1.11. The van der Waals surface area contributed by atoms with Gasteiger partial charge in [0.2, 0.25) is 0 Å². The summed E-state index contributed by atoms with van der Waals surface area (Å²) >= 11 is 0. The molecule has 1 rings (SSSR count). The number of halogens is 1. The first-order valence-corrected chi connectivity index (χ1v) is 4.11. The minimum Gasteiger partial charge on any atom is -0.387 e. The molecule has 0 saturated carbocycles. The van der Waals surface area contributed by atoms with Crippen LogP contribution in [0.25, 0.3) is 0 Å². The molecule has 0 aliphatic carbocycles. The van der Waals surface area contributed by atoms with Crippen LogP contribution in [0.1, 0.15) is 11.7 Å². The molecule has 0 aliphatic heterocycles. The smallest absolute Gasteiger partial charge is 0.153 e. The fraction of sp³-hybridized carbons (Fsp3) is 0.400. The van der Waals surface area contributed by atoms with Crippen LogP contribution in [0, 0.1) is 0 Å². The summed E-state index contributed by atoms with van der Waals surface area (Å²) in [5.74, 6) is 0. The largest absolute Gasteiger partial charge is 0.387 e. The second-order valence-electron chi connectivity index (χ2n) is 2.84. The molecule has 0 radical (unpaired) electrons. The number of rotatable bonds is 4. The molecule has 2 nitrogen and oxygen atoms in total. The van der Waals surface area contributed by atoms with E-state index in [1.54, 1.807) is 30.3 Å². The lowest BCUT2D eigenvalue weighted by Crippen LogP contribution is -2.20. The molecule has 1 N–H and O–H groups in total. The highest BCUT2D eigenvalue weighted by Gasteiger charge is 2.19. The maximum atomic E-state index is 13.4. The number of aliphatic hydroxyl groups excluding tert-OH is 1. The third kappa shape index (κ3) is 2.79. The minimum atomic E-state index is -1.37. The van der Waals surface area contributed by atoms with Gasteiger partial charge in [-0.05, 0) is 5.56 Å². The lowest BCUT2D eigenvalue weighted by Gasteiger charge is -2.14. The lowest BCUT2D eigenvalue weighted by atomic mass is 10.1. The van der Waals surface area contributed by atoms with E-state index in [2.05, 4.69) is 4.74 Å². The molecular weight excluding hydrogens is 171 g/mol. The predicted octanol–water partition coefficient (Wildman–Crippen LogP) is 1.70. The van der Waals surface area contributed by atoms with Gasteiger partial charge in [0, 0.05) is 7.11 Å². The van der Waals surface area contributed by atoms with Crippen molar-refractivity contribution in [2.24, 2.45) is 0 Å². The van der Waals surface area contributed by atoms with Crippen LogP contribution in [0.2, 0.25) is 0 Å². The number of hydrogen-bond donors (Lipinski definition) is 1. The molecule has 1 aromatic rings. The Bertz CT molecular complexity index is 238. The van der Waals surface area contributed by atoms with E-state index in [-0.39, 0.29) is 6.61 Å². The van der Waals surface area contributed by atoms with Crippen LogP contribution in [-0.4, -0.2) is 24.9 Å². The van der Waals surface area contributed by atoms with E-state index in [9.17, 15) is 9.50 Å². The Morgan fingerprint density at radius 2 is 2.00 bits per heavy atom. The fourth-order valence-corrected chi connectivity index (χ4v) is 1.11. The van der Waals surface area contributed by atoms with Crippen molar-refractivity contribution in [3.8, 4) is 0 Å². The van der Waals surface area contributed by atoms with Gasteiger partial charge in [0.1, 0.15) is 6.10 Å². The third-order valence-electron chi connectivity index (χ3n) is 1.79. The molecule has 1 aromatic carbocycles. The van der Waals surface area contributed by atoms with E-state index in [4.69, 9.17) is 0 Å². The molecule has 0 saturated heterocycles. The Morgan fingerprint density at radius 3 is 2.54 bits per heavy atom. The van der Waals surface area contributed by atoms with Crippen LogP contribution in [-0.2, 0) is 4.74 Å². The summed E-state index contributed by atoms with van der Waals surface area (Å²) in [5.41, 5.74) is 0.479. The summed E-state index contributed by atoms with van der Waals surface area (Å²) in [6, 6.07) is 8.56. The molecule has 0 amide bonds. The standard InChI is InChI=1S/C10H13FO2/c1-13-7-9(12)10(11)8-5-3-2-4-6-8/h2-6,9-10,12H,7H2,1H3/t9-,10-/m1/s1. The van der Waals surface area contributed by atoms with E-state index in [1.807, 2.05) is 0 Å². The van der Waals surface area contributed by atoms with Gasteiger partial charge in [0.25, 0.3) is 0 Å². The van der Waals surface area contributed by atoms with Gasteiger partial charge in [-0.25, -0.2) is 4.39 Å². The second-order valence-corrected chi connectivity index (χ2v) is 2.84. The van der Waals surface area contributed by atoms with E-state index in [0.29, 0.717) is 5.56 Å². The number of benzene rings is 1. The summed E-state index contributed by atoms with van der Waals surface area (Å²) in [6.45, 7) is 0.00998. The number of hydrogen-bond acceptors (Lipinski definition) is 2. The van der Waals surface area contributed by atoms with Gasteiger partial charge in [-0.3, -0.25) is 0 Å². The number of ether oxygens (including phenoxy) is 1. The van der Waals surface area contributed by atoms with E-state index < -0.39 is 12.3 Å². The van der Waals surface area contributed by atoms with Crippen molar-refractivity contribution in [1.29, 1.82) is 0 Å². The Kier molecular flexibility index (Phi) is 3.86. The second kappa shape index (κ2) is 4.94. The molecule has 0 spiro atoms. The maximum Gasteiger partial charge on any atom is 0.153 e. The molecule has 0 aromatic heterocycles. The molecule has 0 heterocycles. The van der Waals surface area contributed by atoms with Gasteiger partial charge in [0.05, 0.1) is 6.61 Å². The summed E-state index contributed by atoms with van der Waals surface area (Å²) in [5, 5.41) is 9.27. The van der Waals surface area contributed by atoms with Crippen LogP contribution in [0.5, 0.6) is 0 Å². The minimum absolute atomic E-state index is 0.00998. The molecule has 0 unspecified atom stereocenters. The molecule has 72 valence electrons. The highest BCUT2D eigenvalue weighted by molar-refractivity contribution is 5.18. The molecule has 2 atom stereocenters. The first-order chi connectivity index (χ1) is 6.25. The highest BCUT2D eigenvalue weighted by Crippen LogP contribution is 2.20. The summed E-state index contributed by atoms with van der Waals surface area (Å²) in [4.78, 5) is 0. The van der Waals surface area contributed by atoms with Gasteiger partial charge < -0.3 is 9.84 Å². The Labute approximate surface area is 77.0 Å². The summed E-state index contributed by atoms with van der Waals surface area (Å²) in [6.07, 6.45) is -2.46. The molecule has 0 aliphatic rings. The van der Waals surface area contributed by atoms with Gasteiger partial charge in [-0.1, -0.05) is 30.3 Å². The van der Waals surface area contributed by atoms with Crippen molar-refractivity contribution in [1.82, 2.24) is 0 Å². The Morgan fingerprint density at radius 1 is 1.38 bits per heavy atom. The maximum absolute atomic E-state index is 13.4. The van der Waals surface area contributed by atoms with Gasteiger partial charge in [0.15, 0.2) is 6.17 Å². The van der Waals surface area contributed by atoms with Gasteiger partial charge in [-0.2, -0.15) is 0 Å². The van der Waals surface area contributed by atoms with Crippen molar-refractivity contribution in [2.75, 3.05) is 13.7 Å². The molecule has 0 fully saturated rings. The van der Waals surface area contributed by atoms with Crippen LogP contribution in [0.4, 0.5) is 4.39 Å². The zero-order chi connectivity index (χ0) is 9.68. The van der Waals surface area contributed by atoms with Gasteiger partial charge >= 0.3 is 0 Å². The molecule has 13 heavy (non-hydrogen) atoms. The quantitative estimate of drug-likeness (QED) is 0.771. The van der Waals surface area contributed by atoms with Crippen LogP contribution >= 0.6 is 0 Å². The zero-order valence-corrected chi connectivity index (χ0v) is 7.48. The van der Waals surface area contributed by atoms with E-state index in [0.717, 1.165) is 0 Å². The first kappa shape index (κ1) is 10.2. The van der Waals surface area contributed by atoms with Crippen molar-refractivity contribution in [3.05, 3.63) is 35.9 Å². The normalized spacial score (nSPS) is 15.3. The molecular formula is C10H13FO2. The predicted molar refractivity (Wildman–Crippen MR) is 48.2 cm³/mol. The highest BCUT2D eigenvalue weighted by atomic mass is 19.1. The number of methoxy groups -OCH3 is 1. The van der Waals surface area contributed by atoms with Crippen LogP contribution in [0.3, 0.4) is 0 Å². The van der Waals surface area contributed by atoms with Crippen molar-refractivity contribution in [3.63, 3.8) is 0 Å². The monoisotopic (exact) mass is 184 g/mol. The van der Waals surface area contributed by atoms with Crippen molar-refractivity contribution < 1.29 is 14.2 Å². The van der Waals surface area contributed by atoms with Gasteiger partial charge in [-0.15, -0.1) is 0 Å². The first-order valence-electron chi connectivity index (χ1n) is 4.11. The third-order valence-corrected chi connectivity index (χ3v) is 1.79. The van der Waals surface area contributed by atoms with Crippen LogP contribution in [0.15, 0.2) is 30.3 Å². The van der Waals surface area contributed by atoms with E-state index >= 15 is 0 Å². The summed E-state index contributed by atoms with van der Waals surface area (Å²) in [7, 11) is 1.43. The summed E-state index contributed by atoms with van der Waals surface area (Å²) < 4.78 is 18.0. The lowest BCUT2D eigenvalue weighted by molar-refractivity contribution is 0.00973. The molecule has 0 bridgehead atoms. The van der Waals surface area contributed by atoms with Crippen molar-refractivity contribution in [2.45, 2.75) is 12.3 Å². The zero-order valence-electron chi connectivity index (χ0n) is 7.48. The Hall–Kier alpha value is -0.930. The number of alkyl halides is 1. The SMILES string of the molecule is COC[C@@H](O)[C@H](F)c1ccccc1. The Balaban J connectivity index is 2.62. The van der Waals surface area contributed by atoms with E-state index in [1.165, 1.54) is 7.11 Å². The average Bonchev–Trinajstić information content (AvgIpc) is 2.18. The average molecular weight is 184 g/mol. The molecule has 3 heteroatoms. The van der Waals surface area contributed by atoms with Crippen LogP contribution < -0.4 is 0 Å². The number of aliphatic hydroxyl groups is 1.